The van der Waals surface area contributed by atoms with Gasteiger partial charge in [0.15, 0.2) is 0 Å². The van der Waals surface area contributed by atoms with Crippen LogP contribution in [0.25, 0.3) is 0 Å². The molecule has 0 saturated carbocycles. The van der Waals surface area contributed by atoms with Crippen LogP contribution in [0.2, 0.25) is 0 Å². The number of benzene rings is 1. The molecule has 15 heavy (non-hydrogen) atoms. The standard InChI is InChI=1S/C13H21NO/c1-13(2,15)10-12-6-4-11(5-7-12)8-9-14-3/h4-7,14-15H,8-10H2,1-3H3. The number of aliphatic hydroxyl groups is 1. The van der Waals surface area contributed by atoms with Crippen molar-refractivity contribution in [3.63, 3.8) is 0 Å². The van der Waals surface area contributed by atoms with Crippen LogP contribution in [0.5, 0.6) is 0 Å². The molecule has 0 aliphatic rings. The van der Waals surface area contributed by atoms with Crippen LogP contribution in [0.15, 0.2) is 24.3 Å². The highest BCUT2D eigenvalue weighted by atomic mass is 16.3. The molecular formula is C13H21NO. The van der Waals surface area contributed by atoms with Gasteiger partial charge in [-0.3, -0.25) is 0 Å². The molecule has 0 fully saturated rings. The molecule has 84 valence electrons. The topological polar surface area (TPSA) is 32.3 Å². The first-order valence-electron chi connectivity index (χ1n) is 5.46. The summed E-state index contributed by atoms with van der Waals surface area (Å²) in [6.07, 6.45) is 1.76. The molecule has 0 radical (unpaired) electrons. The van der Waals surface area contributed by atoms with Gasteiger partial charge in [0, 0.05) is 6.42 Å². The summed E-state index contributed by atoms with van der Waals surface area (Å²) in [6.45, 7) is 4.68. The summed E-state index contributed by atoms with van der Waals surface area (Å²) in [6, 6.07) is 8.47. The van der Waals surface area contributed by atoms with Crippen LogP contribution < -0.4 is 5.32 Å². The van der Waals surface area contributed by atoms with Crippen LogP contribution in [-0.4, -0.2) is 24.3 Å². The van der Waals surface area contributed by atoms with Crippen molar-refractivity contribution in [3.8, 4) is 0 Å². The number of hydrogen-bond acceptors (Lipinski definition) is 2. The Labute approximate surface area is 92.3 Å². The van der Waals surface area contributed by atoms with Crippen molar-refractivity contribution in [3.05, 3.63) is 35.4 Å². The van der Waals surface area contributed by atoms with E-state index in [-0.39, 0.29) is 0 Å². The lowest BCUT2D eigenvalue weighted by atomic mass is 9.97. The van der Waals surface area contributed by atoms with E-state index in [1.165, 1.54) is 11.1 Å². The minimum Gasteiger partial charge on any atom is -0.390 e. The summed E-state index contributed by atoms with van der Waals surface area (Å²) in [7, 11) is 1.96. The second-order valence-corrected chi connectivity index (χ2v) is 4.66. The molecule has 1 rings (SSSR count). The SMILES string of the molecule is CNCCc1ccc(CC(C)(C)O)cc1. The van der Waals surface area contributed by atoms with Gasteiger partial charge in [-0.2, -0.15) is 0 Å². The summed E-state index contributed by atoms with van der Waals surface area (Å²) in [5.41, 5.74) is 1.91. The summed E-state index contributed by atoms with van der Waals surface area (Å²) >= 11 is 0. The van der Waals surface area contributed by atoms with Gasteiger partial charge in [0.05, 0.1) is 5.60 Å². The zero-order chi connectivity index (χ0) is 11.3. The Balaban J connectivity index is 2.56. The van der Waals surface area contributed by atoms with Gasteiger partial charge in [-0.1, -0.05) is 24.3 Å². The number of nitrogens with one attached hydrogen (secondary N) is 1. The van der Waals surface area contributed by atoms with Crippen LogP contribution in [0.1, 0.15) is 25.0 Å². The number of likely N-dealkylation sites (N-methyl/N-ethyl adjacent to an activating group) is 1. The monoisotopic (exact) mass is 207 g/mol. The van der Waals surface area contributed by atoms with Crippen LogP contribution in [0, 0.1) is 0 Å². The van der Waals surface area contributed by atoms with Crippen LogP contribution in [-0.2, 0) is 12.8 Å². The summed E-state index contributed by atoms with van der Waals surface area (Å²) < 4.78 is 0. The Kier molecular flexibility index (Phi) is 4.30. The minimum atomic E-state index is -0.619. The van der Waals surface area contributed by atoms with Crippen LogP contribution in [0.4, 0.5) is 0 Å². The highest BCUT2D eigenvalue weighted by Gasteiger charge is 2.12. The average molecular weight is 207 g/mol. The van der Waals surface area contributed by atoms with Gasteiger partial charge in [-0.15, -0.1) is 0 Å². The first kappa shape index (κ1) is 12.2. The van der Waals surface area contributed by atoms with Crippen molar-refractivity contribution >= 4 is 0 Å². The number of hydrogen-bond donors (Lipinski definition) is 2. The molecule has 2 heteroatoms. The Morgan fingerprint density at radius 3 is 2.13 bits per heavy atom. The molecule has 0 heterocycles. The maximum atomic E-state index is 9.67. The molecule has 2 N–H and O–H groups in total. The first-order chi connectivity index (χ1) is 7.01. The summed E-state index contributed by atoms with van der Waals surface area (Å²) in [5.74, 6) is 0. The van der Waals surface area contributed by atoms with Gasteiger partial charge in [0.2, 0.25) is 0 Å². The predicted molar refractivity (Wildman–Crippen MR) is 64.1 cm³/mol. The van der Waals surface area contributed by atoms with Crippen molar-refractivity contribution in [2.75, 3.05) is 13.6 Å². The third kappa shape index (κ3) is 4.96. The highest BCUT2D eigenvalue weighted by Crippen LogP contribution is 2.13. The highest BCUT2D eigenvalue weighted by molar-refractivity contribution is 5.23. The zero-order valence-electron chi connectivity index (χ0n) is 9.88. The Hall–Kier alpha value is -0.860. The smallest absolute Gasteiger partial charge is 0.0631 e. The van der Waals surface area contributed by atoms with Crippen molar-refractivity contribution < 1.29 is 5.11 Å². The van der Waals surface area contributed by atoms with Crippen molar-refractivity contribution in [2.45, 2.75) is 32.3 Å². The molecule has 2 nitrogen and oxygen atoms in total. The number of rotatable bonds is 5. The van der Waals surface area contributed by atoms with E-state index in [4.69, 9.17) is 0 Å². The van der Waals surface area contributed by atoms with Gasteiger partial charge >= 0.3 is 0 Å². The molecule has 0 aliphatic heterocycles. The van der Waals surface area contributed by atoms with E-state index in [0.29, 0.717) is 6.42 Å². The average Bonchev–Trinajstić information content (AvgIpc) is 2.14. The maximum absolute atomic E-state index is 9.67. The van der Waals surface area contributed by atoms with E-state index >= 15 is 0 Å². The third-order valence-corrected chi connectivity index (χ3v) is 2.32. The first-order valence-corrected chi connectivity index (χ1v) is 5.46. The maximum Gasteiger partial charge on any atom is 0.0631 e. The summed E-state index contributed by atoms with van der Waals surface area (Å²) in [4.78, 5) is 0. The Bertz CT molecular complexity index is 284. The quantitative estimate of drug-likeness (QED) is 0.771. The molecule has 0 aliphatic carbocycles. The van der Waals surface area contributed by atoms with Gasteiger partial charge in [-0.05, 0) is 45.0 Å². The van der Waals surface area contributed by atoms with Crippen molar-refractivity contribution in [1.29, 1.82) is 0 Å². The van der Waals surface area contributed by atoms with Crippen LogP contribution in [0.3, 0.4) is 0 Å². The van der Waals surface area contributed by atoms with Crippen molar-refractivity contribution in [1.82, 2.24) is 5.32 Å². The molecule has 1 aromatic rings. The molecule has 0 atom stereocenters. The predicted octanol–water partition coefficient (Wildman–Crippen LogP) is 1.76. The van der Waals surface area contributed by atoms with E-state index in [1.807, 2.05) is 20.9 Å². The van der Waals surface area contributed by atoms with Gasteiger partial charge in [0.25, 0.3) is 0 Å². The fourth-order valence-corrected chi connectivity index (χ4v) is 1.59. The van der Waals surface area contributed by atoms with Crippen molar-refractivity contribution in [2.24, 2.45) is 0 Å². The Morgan fingerprint density at radius 2 is 1.67 bits per heavy atom. The lowest BCUT2D eigenvalue weighted by molar-refractivity contribution is 0.0810. The van der Waals surface area contributed by atoms with E-state index in [0.717, 1.165) is 13.0 Å². The second-order valence-electron chi connectivity index (χ2n) is 4.66. The molecule has 0 aromatic heterocycles. The normalized spacial score (nSPS) is 11.7. The second kappa shape index (κ2) is 5.29. The fourth-order valence-electron chi connectivity index (χ4n) is 1.59. The summed E-state index contributed by atoms with van der Waals surface area (Å²) in [5, 5.41) is 12.8. The largest absolute Gasteiger partial charge is 0.390 e. The molecule has 0 spiro atoms. The third-order valence-electron chi connectivity index (χ3n) is 2.32. The van der Waals surface area contributed by atoms with E-state index in [2.05, 4.69) is 29.6 Å². The zero-order valence-corrected chi connectivity index (χ0v) is 9.88. The molecule has 1 aromatic carbocycles. The van der Waals surface area contributed by atoms with E-state index < -0.39 is 5.60 Å². The van der Waals surface area contributed by atoms with E-state index in [1.54, 1.807) is 0 Å². The van der Waals surface area contributed by atoms with Gasteiger partial charge < -0.3 is 10.4 Å². The van der Waals surface area contributed by atoms with Crippen LogP contribution >= 0.6 is 0 Å². The van der Waals surface area contributed by atoms with Gasteiger partial charge in [-0.25, -0.2) is 0 Å². The molecule has 0 bridgehead atoms. The lowest BCUT2D eigenvalue weighted by Crippen LogP contribution is -2.21. The Morgan fingerprint density at radius 1 is 1.13 bits per heavy atom. The van der Waals surface area contributed by atoms with E-state index in [9.17, 15) is 5.11 Å². The van der Waals surface area contributed by atoms with Gasteiger partial charge in [0.1, 0.15) is 0 Å². The fraction of sp³-hybridized carbons (Fsp3) is 0.538. The molecular weight excluding hydrogens is 186 g/mol. The lowest BCUT2D eigenvalue weighted by Gasteiger charge is -2.17. The minimum absolute atomic E-state index is 0.619. The molecule has 0 unspecified atom stereocenters. The molecule has 0 saturated heterocycles. The molecule has 0 amide bonds.